The molecule has 1 fully saturated rings. The molecule has 3 nitrogen and oxygen atoms in total. The molecule has 3 N–H and O–H groups in total. The first kappa shape index (κ1) is 8.51. The molecule has 0 amide bonds. The Bertz CT molecular complexity index is 279. The second kappa shape index (κ2) is 3.75. The summed E-state index contributed by atoms with van der Waals surface area (Å²) >= 11 is 0. The van der Waals surface area contributed by atoms with Crippen LogP contribution in [0.2, 0.25) is 0 Å². The van der Waals surface area contributed by atoms with Crippen LogP contribution in [0.3, 0.4) is 0 Å². The lowest BCUT2D eigenvalue weighted by atomic mass is 9.92. The molecule has 1 aliphatic rings. The van der Waals surface area contributed by atoms with E-state index in [-0.39, 0.29) is 0 Å². The van der Waals surface area contributed by atoms with Crippen molar-refractivity contribution < 1.29 is 0 Å². The van der Waals surface area contributed by atoms with Crippen LogP contribution in [0.15, 0.2) is 18.3 Å². The molecule has 0 saturated carbocycles. The number of nitrogens with one attached hydrogen (secondary N) is 1. The van der Waals surface area contributed by atoms with E-state index in [0.717, 1.165) is 13.1 Å². The number of nitrogens with two attached hydrogens (primary N) is 1. The monoisotopic (exact) mass is 177 g/mol. The zero-order valence-corrected chi connectivity index (χ0v) is 7.66. The van der Waals surface area contributed by atoms with Gasteiger partial charge in [-0.05, 0) is 43.0 Å². The van der Waals surface area contributed by atoms with Crippen molar-refractivity contribution in [3.05, 3.63) is 23.9 Å². The summed E-state index contributed by atoms with van der Waals surface area (Å²) in [5.41, 5.74) is 6.95. The van der Waals surface area contributed by atoms with E-state index in [9.17, 15) is 0 Å². The molecule has 0 bridgehead atoms. The van der Waals surface area contributed by atoms with Gasteiger partial charge in [0.25, 0.3) is 0 Å². The highest BCUT2D eigenvalue weighted by Crippen LogP contribution is 2.23. The lowest BCUT2D eigenvalue weighted by Crippen LogP contribution is -2.28. The third-order valence-electron chi connectivity index (χ3n) is 2.57. The van der Waals surface area contributed by atoms with Gasteiger partial charge in [-0.2, -0.15) is 0 Å². The third kappa shape index (κ3) is 1.98. The molecule has 0 aliphatic carbocycles. The Morgan fingerprint density at radius 3 is 3.15 bits per heavy atom. The van der Waals surface area contributed by atoms with Crippen molar-refractivity contribution in [3.63, 3.8) is 0 Å². The second-order valence-electron chi connectivity index (χ2n) is 3.56. The molecule has 0 spiro atoms. The van der Waals surface area contributed by atoms with Crippen LogP contribution in [0.25, 0.3) is 0 Å². The number of hydrogen-bond acceptors (Lipinski definition) is 3. The summed E-state index contributed by atoms with van der Waals surface area (Å²) in [6.07, 6.45) is 4.31. The molecule has 1 aromatic heterocycles. The van der Waals surface area contributed by atoms with Crippen LogP contribution < -0.4 is 11.1 Å². The van der Waals surface area contributed by atoms with Crippen molar-refractivity contribution >= 4 is 5.82 Å². The Kier molecular flexibility index (Phi) is 2.45. The summed E-state index contributed by atoms with van der Waals surface area (Å²) in [6, 6.07) is 4.05. The average molecular weight is 177 g/mol. The molecule has 1 atom stereocenters. The first-order valence-electron chi connectivity index (χ1n) is 4.78. The molecule has 0 unspecified atom stereocenters. The maximum absolute atomic E-state index is 5.63. The van der Waals surface area contributed by atoms with Gasteiger partial charge in [0.2, 0.25) is 0 Å². The predicted octanol–water partition coefficient (Wildman–Crippen LogP) is 1.13. The minimum absolute atomic E-state index is 0.624. The van der Waals surface area contributed by atoms with Gasteiger partial charge >= 0.3 is 0 Å². The second-order valence-corrected chi connectivity index (χ2v) is 3.56. The van der Waals surface area contributed by atoms with E-state index in [1.165, 1.54) is 18.4 Å². The topological polar surface area (TPSA) is 50.9 Å². The van der Waals surface area contributed by atoms with Crippen molar-refractivity contribution in [2.75, 3.05) is 18.8 Å². The number of hydrogen-bond donors (Lipinski definition) is 2. The van der Waals surface area contributed by atoms with E-state index in [2.05, 4.69) is 16.4 Å². The molecule has 70 valence electrons. The van der Waals surface area contributed by atoms with Crippen LogP contribution in [0, 0.1) is 0 Å². The minimum Gasteiger partial charge on any atom is -0.384 e. The van der Waals surface area contributed by atoms with Gasteiger partial charge in [0.05, 0.1) is 0 Å². The van der Waals surface area contributed by atoms with Gasteiger partial charge in [0.1, 0.15) is 5.82 Å². The van der Waals surface area contributed by atoms with Crippen LogP contribution >= 0.6 is 0 Å². The number of aromatic nitrogens is 1. The average Bonchev–Trinajstić information content (AvgIpc) is 2.19. The van der Waals surface area contributed by atoms with E-state index in [1.54, 1.807) is 6.20 Å². The molecule has 2 heterocycles. The van der Waals surface area contributed by atoms with Gasteiger partial charge in [-0.1, -0.05) is 0 Å². The summed E-state index contributed by atoms with van der Waals surface area (Å²) in [4.78, 5) is 3.99. The van der Waals surface area contributed by atoms with Crippen molar-refractivity contribution in [1.82, 2.24) is 10.3 Å². The number of nitrogen functional groups attached to an aromatic ring is 1. The first-order valence-corrected chi connectivity index (χ1v) is 4.78. The summed E-state index contributed by atoms with van der Waals surface area (Å²) in [6.45, 7) is 2.22. The van der Waals surface area contributed by atoms with Crippen LogP contribution in [-0.4, -0.2) is 18.1 Å². The van der Waals surface area contributed by atoms with Crippen molar-refractivity contribution in [3.8, 4) is 0 Å². The molecule has 1 aromatic rings. The van der Waals surface area contributed by atoms with Crippen LogP contribution in [0.5, 0.6) is 0 Å². The van der Waals surface area contributed by atoms with Crippen LogP contribution in [0.4, 0.5) is 5.82 Å². The SMILES string of the molecule is Nc1cc([C@H]2CCCNC2)ccn1. The smallest absolute Gasteiger partial charge is 0.123 e. The lowest BCUT2D eigenvalue weighted by Gasteiger charge is -2.22. The van der Waals surface area contributed by atoms with Crippen LogP contribution in [0.1, 0.15) is 24.3 Å². The summed E-state index contributed by atoms with van der Waals surface area (Å²) < 4.78 is 0. The third-order valence-corrected chi connectivity index (χ3v) is 2.57. The molecule has 0 aromatic carbocycles. The standard InChI is InChI=1S/C10H15N3/c11-10-6-8(3-5-13-10)9-2-1-4-12-7-9/h3,5-6,9,12H,1-2,4,7H2,(H2,11,13)/t9-/m0/s1. The van der Waals surface area contributed by atoms with E-state index >= 15 is 0 Å². The van der Waals surface area contributed by atoms with E-state index < -0.39 is 0 Å². The van der Waals surface area contributed by atoms with Crippen molar-refractivity contribution in [2.24, 2.45) is 0 Å². The molecule has 13 heavy (non-hydrogen) atoms. The maximum Gasteiger partial charge on any atom is 0.123 e. The van der Waals surface area contributed by atoms with Crippen molar-refractivity contribution in [1.29, 1.82) is 0 Å². The van der Waals surface area contributed by atoms with E-state index in [0.29, 0.717) is 11.7 Å². The number of anilines is 1. The fourth-order valence-corrected chi connectivity index (χ4v) is 1.86. The summed E-state index contributed by atoms with van der Waals surface area (Å²) in [5.74, 6) is 1.25. The highest BCUT2D eigenvalue weighted by molar-refractivity contribution is 5.34. The molecule has 1 aliphatic heterocycles. The highest BCUT2D eigenvalue weighted by Gasteiger charge is 2.14. The van der Waals surface area contributed by atoms with Crippen molar-refractivity contribution in [2.45, 2.75) is 18.8 Å². The quantitative estimate of drug-likeness (QED) is 0.676. The molecule has 2 rings (SSSR count). The van der Waals surface area contributed by atoms with Gasteiger partial charge in [-0.15, -0.1) is 0 Å². The summed E-state index contributed by atoms with van der Waals surface area (Å²) in [7, 11) is 0. The number of piperidine rings is 1. The zero-order valence-electron chi connectivity index (χ0n) is 7.66. The van der Waals surface area contributed by atoms with Gasteiger partial charge in [0, 0.05) is 12.7 Å². The largest absolute Gasteiger partial charge is 0.384 e. The number of rotatable bonds is 1. The zero-order chi connectivity index (χ0) is 9.10. The van der Waals surface area contributed by atoms with E-state index in [1.807, 2.05) is 6.07 Å². The fraction of sp³-hybridized carbons (Fsp3) is 0.500. The minimum atomic E-state index is 0.624. The normalized spacial score (nSPS) is 22.9. The molecule has 0 radical (unpaired) electrons. The fourth-order valence-electron chi connectivity index (χ4n) is 1.86. The Balaban J connectivity index is 2.14. The molecular formula is C10H15N3. The maximum atomic E-state index is 5.63. The number of pyridine rings is 1. The molecular weight excluding hydrogens is 162 g/mol. The van der Waals surface area contributed by atoms with Gasteiger partial charge in [0.15, 0.2) is 0 Å². The Labute approximate surface area is 78.4 Å². The molecule has 1 saturated heterocycles. The Hall–Kier alpha value is -1.09. The van der Waals surface area contributed by atoms with Gasteiger partial charge in [-0.25, -0.2) is 4.98 Å². The number of nitrogens with zero attached hydrogens (tertiary/aromatic N) is 1. The van der Waals surface area contributed by atoms with Gasteiger partial charge in [-0.3, -0.25) is 0 Å². The van der Waals surface area contributed by atoms with Gasteiger partial charge < -0.3 is 11.1 Å². The summed E-state index contributed by atoms with van der Waals surface area (Å²) in [5, 5.41) is 3.39. The first-order chi connectivity index (χ1) is 6.36. The Morgan fingerprint density at radius 1 is 1.54 bits per heavy atom. The van der Waals surface area contributed by atoms with E-state index in [4.69, 9.17) is 5.73 Å². The lowest BCUT2D eigenvalue weighted by molar-refractivity contribution is 0.461. The Morgan fingerprint density at radius 2 is 2.46 bits per heavy atom. The van der Waals surface area contributed by atoms with Crippen LogP contribution in [-0.2, 0) is 0 Å². The predicted molar refractivity (Wildman–Crippen MR) is 53.5 cm³/mol. The molecule has 3 heteroatoms. The highest BCUT2D eigenvalue weighted by atomic mass is 14.9.